The van der Waals surface area contributed by atoms with E-state index in [2.05, 4.69) is 5.32 Å². The normalized spacial score (nSPS) is 12.7. The molecular formula is C30H35Cl2N3O5S. The maximum absolute atomic E-state index is 14.2. The molecule has 41 heavy (non-hydrogen) atoms. The molecule has 11 heteroatoms. The van der Waals surface area contributed by atoms with Gasteiger partial charge in [0.15, 0.2) is 0 Å². The van der Waals surface area contributed by atoms with Gasteiger partial charge >= 0.3 is 0 Å². The van der Waals surface area contributed by atoms with Gasteiger partial charge in [0, 0.05) is 12.6 Å². The van der Waals surface area contributed by atoms with Gasteiger partial charge in [0.05, 0.1) is 27.7 Å². The summed E-state index contributed by atoms with van der Waals surface area (Å²) < 4.78 is 34.1. The number of carbonyl (C=O) groups excluding carboxylic acids is 2. The van der Waals surface area contributed by atoms with Crippen LogP contribution in [-0.4, -0.2) is 50.9 Å². The summed E-state index contributed by atoms with van der Waals surface area (Å²) in [5, 5.41) is 3.08. The van der Waals surface area contributed by atoms with Crippen molar-refractivity contribution in [1.82, 2.24) is 10.2 Å². The summed E-state index contributed by atoms with van der Waals surface area (Å²) in [4.78, 5) is 28.9. The van der Waals surface area contributed by atoms with Gasteiger partial charge in [-0.3, -0.25) is 13.9 Å². The minimum atomic E-state index is -4.26. The Balaban J connectivity index is 2.10. The van der Waals surface area contributed by atoms with E-state index >= 15 is 0 Å². The molecule has 2 atom stereocenters. The molecule has 220 valence electrons. The Hall–Kier alpha value is -3.27. The molecule has 3 aromatic carbocycles. The number of halogens is 2. The average Bonchev–Trinajstić information content (AvgIpc) is 2.97. The number of rotatable bonds is 13. The molecule has 0 heterocycles. The fourth-order valence-electron chi connectivity index (χ4n) is 4.25. The Morgan fingerprint density at radius 2 is 1.63 bits per heavy atom. The van der Waals surface area contributed by atoms with E-state index in [1.165, 1.54) is 36.3 Å². The van der Waals surface area contributed by atoms with Crippen LogP contribution in [0.15, 0.2) is 77.7 Å². The molecular weight excluding hydrogens is 585 g/mol. The first-order valence-corrected chi connectivity index (χ1v) is 15.5. The minimum absolute atomic E-state index is 0.0117. The molecule has 0 unspecified atom stereocenters. The highest BCUT2D eigenvalue weighted by atomic mass is 35.5. The number of nitrogens with one attached hydrogen (secondary N) is 1. The monoisotopic (exact) mass is 619 g/mol. The van der Waals surface area contributed by atoms with E-state index in [0.717, 1.165) is 4.31 Å². The Morgan fingerprint density at radius 1 is 0.951 bits per heavy atom. The molecule has 0 spiro atoms. The smallest absolute Gasteiger partial charge is 0.264 e. The van der Waals surface area contributed by atoms with Gasteiger partial charge in [0.1, 0.15) is 18.3 Å². The number of ether oxygens (including phenoxy) is 1. The Labute approximate surface area is 252 Å². The van der Waals surface area contributed by atoms with Gasteiger partial charge in [0.25, 0.3) is 10.0 Å². The largest absolute Gasteiger partial charge is 0.497 e. The molecule has 0 aliphatic carbocycles. The van der Waals surface area contributed by atoms with Gasteiger partial charge in [0.2, 0.25) is 11.8 Å². The third-order valence-electron chi connectivity index (χ3n) is 6.68. The molecule has 0 saturated heterocycles. The average molecular weight is 621 g/mol. The lowest BCUT2D eigenvalue weighted by molar-refractivity contribution is -0.140. The van der Waals surface area contributed by atoms with Crippen LogP contribution in [0.25, 0.3) is 0 Å². The number of hydrogen-bond donors (Lipinski definition) is 1. The molecule has 0 saturated carbocycles. The van der Waals surface area contributed by atoms with Crippen LogP contribution < -0.4 is 14.4 Å². The van der Waals surface area contributed by atoms with Crippen LogP contribution in [0.3, 0.4) is 0 Å². The maximum Gasteiger partial charge on any atom is 0.264 e. The molecule has 1 N–H and O–H groups in total. The predicted molar refractivity (Wildman–Crippen MR) is 163 cm³/mol. The van der Waals surface area contributed by atoms with E-state index in [1.54, 1.807) is 49.4 Å². The van der Waals surface area contributed by atoms with Crippen molar-refractivity contribution in [2.45, 2.75) is 57.1 Å². The molecule has 2 amide bonds. The number of amides is 2. The fourth-order valence-corrected chi connectivity index (χ4v) is 6.14. The first kappa shape index (κ1) is 32.2. The third kappa shape index (κ3) is 7.93. The van der Waals surface area contributed by atoms with Crippen LogP contribution in [0.4, 0.5) is 5.69 Å². The first-order chi connectivity index (χ1) is 19.5. The van der Waals surface area contributed by atoms with Crippen LogP contribution >= 0.6 is 23.2 Å². The zero-order valence-electron chi connectivity index (χ0n) is 23.5. The number of methoxy groups -OCH3 is 1. The van der Waals surface area contributed by atoms with Crippen molar-refractivity contribution in [3.8, 4) is 5.75 Å². The zero-order valence-corrected chi connectivity index (χ0v) is 25.8. The number of benzene rings is 3. The summed E-state index contributed by atoms with van der Waals surface area (Å²) >= 11 is 12.7. The first-order valence-electron chi connectivity index (χ1n) is 13.3. The maximum atomic E-state index is 14.2. The van der Waals surface area contributed by atoms with Gasteiger partial charge in [-0.25, -0.2) is 8.42 Å². The van der Waals surface area contributed by atoms with Crippen molar-refractivity contribution in [2.24, 2.45) is 0 Å². The molecule has 0 aliphatic heterocycles. The summed E-state index contributed by atoms with van der Waals surface area (Å²) in [6.45, 7) is 5.07. The second kappa shape index (κ2) is 14.6. The zero-order chi connectivity index (χ0) is 30.2. The Morgan fingerprint density at radius 3 is 2.27 bits per heavy atom. The van der Waals surface area contributed by atoms with Crippen molar-refractivity contribution in [3.05, 3.63) is 88.4 Å². The SMILES string of the molecule is CC[C@@H](C)NC(=O)[C@H](CC)N(Cc1cccc(OC)c1)C(=O)CN(c1cccc(Cl)c1Cl)S(=O)(=O)c1ccccc1. The lowest BCUT2D eigenvalue weighted by Gasteiger charge is -2.34. The standard InChI is InChI=1S/C30H35Cl2N3O5S/c1-5-21(3)33-30(37)26(6-2)34(19-22-12-10-13-23(18-22)40-4)28(36)20-35(27-17-11-16-25(31)29(27)32)41(38,39)24-14-8-7-9-15-24/h7-18,21,26H,5-6,19-20H2,1-4H3,(H,33,37)/t21-,26+/m1/s1. The molecule has 3 rings (SSSR count). The number of sulfonamides is 1. The lowest BCUT2D eigenvalue weighted by Crippen LogP contribution is -2.53. The summed E-state index contributed by atoms with van der Waals surface area (Å²) in [6.07, 6.45) is 1.02. The summed E-state index contributed by atoms with van der Waals surface area (Å²) in [5.74, 6) is -0.322. The van der Waals surface area contributed by atoms with Gasteiger partial charge in [-0.1, -0.05) is 73.4 Å². The van der Waals surface area contributed by atoms with Crippen LogP contribution in [0.2, 0.25) is 10.0 Å². The van der Waals surface area contributed by atoms with E-state index in [0.29, 0.717) is 24.2 Å². The van der Waals surface area contributed by atoms with Gasteiger partial charge in [-0.05, 0) is 61.7 Å². The lowest BCUT2D eigenvalue weighted by atomic mass is 10.1. The Bertz CT molecular complexity index is 1450. The molecule has 3 aromatic rings. The van der Waals surface area contributed by atoms with Crippen molar-refractivity contribution < 1.29 is 22.7 Å². The highest BCUT2D eigenvalue weighted by molar-refractivity contribution is 7.92. The Kier molecular flexibility index (Phi) is 11.5. The molecule has 0 radical (unpaired) electrons. The van der Waals surface area contributed by atoms with Crippen molar-refractivity contribution in [2.75, 3.05) is 18.0 Å². The number of carbonyl (C=O) groups is 2. The highest BCUT2D eigenvalue weighted by Crippen LogP contribution is 2.35. The summed E-state index contributed by atoms with van der Waals surface area (Å²) in [7, 11) is -2.72. The molecule has 8 nitrogen and oxygen atoms in total. The molecule has 0 aromatic heterocycles. The summed E-state index contributed by atoms with van der Waals surface area (Å²) in [5.41, 5.74) is 0.764. The van der Waals surface area contributed by atoms with Crippen LogP contribution in [0.5, 0.6) is 5.75 Å². The second-order valence-corrected chi connectivity index (χ2v) is 12.2. The minimum Gasteiger partial charge on any atom is -0.497 e. The van der Waals surface area contributed by atoms with E-state index in [9.17, 15) is 18.0 Å². The van der Waals surface area contributed by atoms with E-state index in [1.807, 2.05) is 19.9 Å². The van der Waals surface area contributed by atoms with Gasteiger partial charge in [-0.15, -0.1) is 0 Å². The fraction of sp³-hybridized carbons (Fsp3) is 0.333. The number of anilines is 1. The molecule has 0 fully saturated rings. The topological polar surface area (TPSA) is 96.0 Å². The van der Waals surface area contributed by atoms with Gasteiger partial charge < -0.3 is 15.0 Å². The van der Waals surface area contributed by atoms with Crippen molar-refractivity contribution >= 4 is 50.7 Å². The van der Waals surface area contributed by atoms with Crippen molar-refractivity contribution in [3.63, 3.8) is 0 Å². The van der Waals surface area contributed by atoms with E-state index in [4.69, 9.17) is 27.9 Å². The molecule has 0 bridgehead atoms. The molecule has 0 aliphatic rings. The predicted octanol–water partition coefficient (Wildman–Crippen LogP) is 5.92. The second-order valence-electron chi connectivity index (χ2n) is 9.51. The quantitative estimate of drug-likeness (QED) is 0.256. The van der Waals surface area contributed by atoms with Crippen molar-refractivity contribution in [1.29, 1.82) is 0 Å². The van der Waals surface area contributed by atoms with Gasteiger partial charge in [-0.2, -0.15) is 0 Å². The van der Waals surface area contributed by atoms with Crippen LogP contribution in [-0.2, 0) is 26.2 Å². The number of nitrogens with zero attached hydrogens (tertiary/aromatic N) is 2. The summed E-state index contributed by atoms with van der Waals surface area (Å²) in [6, 6.07) is 18.5. The highest BCUT2D eigenvalue weighted by Gasteiger charge is 2.35. The van der Waals surface area contributed by atoms with Crippen LogP contribution in [0, 0.1) is 0 Å². The van der Waals surface area contributed by atoms with E-state index < -0.39 is 28.5 Å². The van der Waals surface area contributed by atoms with Crippen LogP contribution in [0.1, 0.15) is 39.2 Å². The number of hydrogen-bond acceptors (Lipinski definition) is 5. The van der Waals surface area contributed by atoms with E-state index in [-0.39, 0.29) is 39.1 Å². The third-order valence-corrected chi connectivity index (χ3v) is 9.27.